The Morgan fingerprint density at radius 3 is 2.17 bits per heavy atom. The number of likely N-dealkylation sites (N-methyl/N-ethyl adjacent to an activating group) is 1. The molecule has 74 valence electrons. The molecule has 0 aliphatic heterocycles. The van der Waals surface area contributed by atoms with Crippen molar-refractivity contribution in [1.82, 2.24) is 10.6 Å². The molecular formula is C8H20N2O2. The number of hydrogen-bond donors (Lipinski definition) is 4. The number of hydrogen-bond acceptors (Lipinski definition) is 4. The Balaban J connectivity index is 3.18. The third-order valence-corrected chi connectivity index (χ3v) is 1.67. The normalized spacial score (nSPS) is 16.0. The first-order valence-corrected chi connectivity index (χ1v) is 4.42. The Hall–Kier alpha value is -0.160. The quantitative estimate of drug-likeness (QED) is 0.399. The Bertz CT molecular complexity index is 101. The molecule has 0 saturated heterocycles. The van der Waals surface area contributed by atoms with Crippen LogP contribution >= 0.6 is 0 Å². The first kappa shape index (κ1) is 11.8. The zero-order chi connectivity index (χ0) is 9.40. The van der Waals surface area contributed by atoms with Crippen LogP contribution < -0.4 is 10.6 Å². The average Bonchev–Trinajstić information content (AvgIpc) is 2.04. The van der Waals surface area contributed by atoms with Gasteiger partial charge in [0.2, 0.25) is 0 Å². The molecule has 0 aromatic carbocycles. The van der Waals surface area contributed by atoms with E-state index in [2.05, 4.69) is 10.6 Å². The highest BCUT2D eigenvalue weighted by molar-refractivity contribution is 4.63. The molecule has 0 amide bonds. The molecule has 0 heterocycles. The van der Waals surface area contributed by atoms with Gasteiger partial charge in [0.15, 0.2) is 0 Å². The largest absolute Gasteiger partial charge is 0.392 e. The van der Waals surface area contributed by atoms with Gasteiger partial charge in [-0.25, -0.2) is 0 Å². The third-order valence-electron chi connectivity index (χ3n) is 1.67. The summed E-state index contributed by atoms with van der Waals surface area (Å²) in [5, 5.41) is 24.2. The summed E-state index contributed by atoms with van der Waals surface area (Å²) < 4.78 is 0. The molecule has 12 heavy (non-hydrogen) atoms. The fourth-order valence-corrected chi connectivity index (χ4v) is 0.869. The van der Waals surface area contributed by atoms with Crippen molar-refractivity contribution in [3.63, 3.8) is 0 Å². The summed E-state index contributed by atoms with van der Waals surface area (Å²) in [6.07, 6.45) is 0.0700. The van der Waals surface area contributed by atoms with E-state index in [1.54, 1.807) is 7.05 Å². The van der Waals surface area contributed by atoms with E-state index < -0.39 is 0 Å². The summed E-state index contributed by atoms with van der Waals surface area (Å²) in [7, 11) is 1.80. The predicted molar refractivity (Wildman–Crippen MR) is 49.1 cm³/mol. The van der Waals surface area contributed by atoms with Crippen LogP contribution in [0.5, 0.6) is 0 Å². The second kappa shape index (κ2) is 7.49. The summed E-state index contributed by atoms with van der Waals surface area (Å²) in [5.41, 5.74) is 0. The SMILES string of the molecule is CCC(O)CNCC(O)CNC. The summed E-state index contributed by atoms with van der Waals surface area (Å²) >= 11 is 0. The Morgan fingerprint density at radius 2 is 1.67 bits per heavy atom. The van der Waals surface area contributed by atoms with Gasteiger partial charge < -0.3 is 20.8 Å². The van der Waals surface area contributed by atoms with Gasteiger partial charge in [-0.1, -0.05) is 6.92 Å². The molecule has 0 fully saturated rings. The van der Waals surface area contributed by atoms with E-state index >= 15 is 0 Å². The fraction of sp³-hybridized carbons (Fsp3) is 1.00. The molecule has 0 aliphatic rings. The Labute approximate surface area is 74.0 Å². The summed E-state index contributed by atoms with van der Waals surface area (Å²) in [6, 6.07) is 0. The van der Waals surface area contributed by atoms with Crippen molar-refractivity contribution < 1.29 is 10.2 Å². The summed E-state index contributed by atoms with van der Waals surface area (Å²) in [6.45, 7) is 3.58. The van der Waals surface area contributed by atoms with Crippen LogP contribution in [0.3, 0.4) is 0 Å². The Kier molecular flexibility index (Phi) is 7.39. The molecule has 2 unspecified atom stereocenters. The van der Waals surface area contributed by atoms with Crippen molar-refractivity contribution in [2.24, 2.45) is 0 Å². The molecule has 0 aliphatic carbocycles. The van der Waals surface area contributed by atoms with Crippen LogP contribution in [0.25, 0.3) is 0 Å². The van der Waals surface area contributed by atoms with Gasteiger partial charge in [-0.15, -0.1) is 0 Å². The van der Waals surface area contributed by atoms with Crippen LogP contribution in [0.1, 0.15) is 13.3 Å². The maximum absolute atomic E-state index is 9.23. The van der Waals surface area contributed by atoms with E-state index in [4.69, 9.17) is 5.11 Å². The summed E-state index contributed by atoms with van der Waals surface area (Å²) in [4.78, 5) is 0. The van der Waals surface area contributed by atoms with Gasteiger partial charge in [0.25, 0.3) is 0 Å². The van der Waals surface area contributed by atoms with Crippen LogP contribution in [0.4, 0.5) is 0 Å². The molecule has 0 bridgehead atoms. The molecular weight excluding hydrogens is 156 g/mol. The Morgan fingerprint density at radius 1 is 1.08 bits per heavy atom. The van der Waals surface area contributed by atoms with Gasteiger partial charge in [0.05, 0.1) is 12.2 Å². The van der Waals surface area contributed by atoms with Gasteiger partial charge in [-0.05, 0) is 13.5 Å². The second-order valence-electron chi connectivity index (χ2n) is 2.93. The van der Waals surface area contributed by atoms with Crippen LogP contribution in [0.15, 0.2) is 0 Å². The maximum atomic E-state index is 9.23. The van der Waals surface area contributed by atoms with Crippen molar-refractivity contribution in [3.05, 3.63) is 0 Å². The highest BCUT2D eigenvalue weighted by atomic mass is 16.3. The fourth-order valence-electron chi connectivity index (χ4n) is 0.869. The van der Waals surface area contributed by atoms with E-state index in [1.165, 1.54) is 0 Å². The van der Waals surface area contributed by atoms with Crippen LogP contribution in [-0.2, 0) is 0 Å². The van der Waals surface area contributed by atoms with E-state index in [0.717, 1.165) is 6.42 Å². The van der Waals surface area contributed by atoms with Crippen molar-refractivity contribution in [3.8, 4) is 0 Å². The minimum atomic E-state index is -0.376. The van der Waals surface area contributed by atoms with Gasteiger partial charge in [-0.2, -0.15) is 0 Å². The van der Waals surface area contributed by atoms with Gasteiger partial charge >= 0.3 is 0 Å². The molecule has 0 rings (SSSR count). The van der Waals surface area contributed by atoms with Crippen LogP contribution in [0.2, 0.25) is 0 Å². The zero-order valence-electron chi connectivity index (χ0n) is 7.88. The predicted octanol–water partition coefficient (Wildman–Crippen LogP) is -1.07. The molecule has 4 N–H and O–H groups in total. The molecule has 4 nitrogen and oxygen atoms in total. The van der Waals surface area contributed by atoms with Crippen molar-refractivity contribution in [1.29, 1.82) is 0 Å². The zero-order valence-corrected chi connectivity index (χ0v) is 7.88. The van der Waals surface area contributed by atoms with E-state index in [0.29, 0.717) is 19.6 Å². The lowest BCUT2D eigenvalue weighted by molar-refractivity contribution is 0.143. The van der Waals surface area contributed by atoms with Gasteiger partial charge in [-0.3, -0.25) is 0 Å². The standard InChI is InChI=1S/C8H20N2O2/c1-3-7(11)5-10-6-8(12)4-9-2/h7-12H,3-6H2,1-2H3. The van der Waals surface area contributed by atoms with E-state index in [9.17, 15) is 5.11 Å². The lowest BCUT2D eigenvalue weighted by atomic mass is 10.2. The van der Waals surface area contributed by atoms with Crippen molar-refractivity contribution >= 4 is 0 Å². The topological polar surface area (TPSA) is 64.5 Å². The van der Waals surface area contributed by atoms with Crippen molar-refractivity contribution in [2.75, 3.05) is 26.7 Å². The number of aliphatic hydroxyl groups excluding tert-OH is 2. The molecule has 4 heteroatoms. The number of aliphatic hydroxyl groups is 2. The second-order valence-corrected chi connectivity index (χ2v) is 2.93. The smallest absolute Gasteiger partial charge is 0.0788 e. The molecule has 2 atom stereocenters. The molecule has 0 aromatic heterocycles. The number of nitrogens with one attached hydrogen (secondary N) is 2. The molecule has 0 spiro atoms. The average molecular weight is 176 g/mol. The lowest BCUT2D eigenvalue weighted by Gasteiger charge is -2.13. The monoisotopic (exact) mass is 176 g/mol. The van der Waals surface area contributed by atoms with Gasteiger partial charge in [0.1, 0.15) is 0 Å². The first-order chi connectivity index (χ1) is 5.70. The highest BCUT2D eigenvalue weighted by Crippen LogP contribution is 1.86. The minimum absolute atomic E-state index is 0.299. The van der Waals surface area contributed by atoms with E-state index in [-0.39, 0.29) is 12.2 Å². The maximum Gasteiger partial charge on any atom is 0.0788 e. The molecule has 0 aromatic rings. The van der Waals surface area contributed by atoms with Crippen LogP contribution in [0, 0.1) is 0 Å². The molecule has 0 saturated carbocycles. The highest BCUT2D eigenvalue weighted by Gasteiger charge is 2.03. The minimum Gasteiger partial charge on any atom is -0.392 e. The number of rotatable bonds is 7. The third kappa shape index (κ3) is 6.54. The summed E-state index contributed by atoms with van der Waals surface area (Å²) in [5.74, 6) is 0. The van der Waals surface area contributed by atoms with Gasteiger partial charge in [0, 0.05) is 19.6 Å². The van der Waals surface area contributed by atoms with Crippen molar-refractivity contribution in [2.45, 2.75) is 25.6 Å². The molecule has 0 radical (unpaired) electrons. The first-order valence-electron chi connectivity index (χ1n) is 4.42. The van der Waals surface area contributed by atoms with Crippen LogP contribution in [-0.4, -0.2) is 49.1 Å². The lowest BCUT2D eigenvalue weighted by Crippen LogP contribution is -2.37. The van der Waals surface area contributed by atoms with E-state index in [1.807, 2.05) is 6.92 Å².